The molecule has 1 aromatic carbocycles. The molecule has 0 saturated heterocycles. The highest BCUT2D eigenvalue weighted by molar-refractivity contribution is 5.88. The van der Waals surface area contributed by atoms with Crippen LogP contribution in [0.15, 0.2) is 29.4 Å². The van der Waals surface area contributed by atoms with Gasteiger partial charge in [0.2, 0.25) is 0 Å². The van der Waals surface area contributed by atoms with Crippen LogP contribution in [0.2, 0.25) is 0 Å². The maximum atomic E-state index is 10.6. The minimum Gasteiger partial charge on any atom is -0.478 e. The van der Waals surface area contributed by atoms with E-state index in [1.807, 2.05) is 0 Å². The van der Waals surface area contributed by atoms with E-state index in [1.54, 1.807) is 30.5 Å². The van der Waals surface area contributed by atoms with Gasteiger partial charge in [0, 0.05) is 6.21 Å². The molecule has 0 fully saturated rings. The number of unbranched alkanes of at least 4 members (excludes halogenated alkanes) is 1. The second-order valence-electron chi connectivity index (χ2n) is 3.09. The van der Waals surface area contributed by atoms with Gasteiger partial charge in [0.05, 0.1) is 11.3 Å². The first-order valence-corrected chi connectivity index (χ1v) is 4.85. The molecule has 0 aliphatic rings. The molecule has 2 N–H and O–H groups in total. The van der Waals surface area contributed by atoms with Crippen LogP contribution in [0, 0.1) is 0 Å². The van der Waals surface area contributed by atoms with Crippen molar-refractivity contribution in [1.82, 2.24) is 0 Å². The molecule has 1 aromatic rings. The standard InChI is InChI=1S/C11H14N2O2/c1-2-3-8-12-13-10-6-4-9(5-7-10)11(14)15/h4-8,13H,2-3H2,1H3,(H,14,15). The van der Waals surface area contributed by atoms with Crippen molar-refractivity contribution in [2.75, 3.05) is 5.43 Å². The summed E-state index contributed by atoms with van der Waals surface area (Å²) < 4.78 is 0. The van der Waals surface area contributed by atoms with Gasteiger partial charge in [-0.2, -0.15) is 5.10 Å². The van der Waals surface area contributed by atoms with Gasteiger partial charge in [-0.15, -0.1) is 0 Å². The molecule has 0 amide bonds. The molecule has 0 aromatic heterocycles. The quantitative estimate of drug-likeness (QED) is 0.575. The molecule has 0 radical (unpaired) electrons. The lowest BCUT2D eigenvalue weighted by atomic mass is 10.2. The molecule has 80 valence electrons. The largest absolute Gasteiger partial charge is 0.478 e. The molecule has 0 aliphatic carbocycles. The van der Waals surface area contributed by atoms with Crippen LogP contribution in [-0.4, -0.2) is 17.3 Å². The zero-order valence-electron chi connectivity index (χ0n) is 8.60. The third-order valence-electron chi connectivity index (χ3n) is 1.83. The first kappa shape index (κ1) is 11.2. The van der Waals surface area contributed by atoms with Crippen molar-refractivity contribution in [3.05, 3.63) is 29.8 Å². The summed E-state index contributed by atoms with van der Waals surface area (Å²) in [6.45, 7) is 2.08. The van der Waals surface area contributed by atoms with Crippen LogP contribution in [0.4, 0.5) is 5.69 Å². The Morgan fingerprint density at radius 1 is 1.47 bits per heavy atom. The molecule has 0 heterocycles. The molecule has 0 spiro atoms. The summed E-state index contributed by atoms with van der Waals surface area (Å²) in [6, 6.07) is 6.46. The Bertz CT molecular complexity index is 344. The molecule has 0 saturated carbocycles. The van der Waals surface area contributed by atoms with Crippen LogP contribution in [0.1, 0.15) is 30.1 Å². The summed E-state index contributed by atoms with van der Waals surface area (Å²) in [7, 11) is 0. The monoisotopic (exact) mass is 206 g/mol. The summed E-state index contributed by atoms with van der Waals surface area (Å²) in [5, 5.41) is 12.7. The average molecular weight is 206 g/mol. The minimum atomic E-state index is -0.920. The number of hydrazone groups is 1. The molecule has 0 unspecified atom stereocenters. The third-order valence-corrected chi connectivity index (χ3v) is 1.83. The van der Waals surface area contributed by atoms with Gasteiger partial charge in [0.15, 0.2) is 0 Å². The Morgan fingerprint density at radius 2 is 2.13 bits per heavy atom. The number of carboxylic acids is 1. The number of benzene rings is 1. The highest BCUT2D eigenvalue weighted by Gasteiger charge is 2.00. The lowest BCUT2D eigenvalue weighted by molar-refractivity contribution is 0.0697. The SMILES string of the molecule is CCCC=NNc1ccc(C(=O)O)cc1. The normalized spacial score (nSPS) is 10.5. The number of carboxylic acid groups (broad SMARTS) is 1. The maximum Gasteiger partial charge on any atom is 0.335 e. The number of hydrogen-bond donors (Lipinski definition) is 2. The van der Waals surface area contributed by atoms with Crippen LogP contribution in [-0.2, 0) is 0 Å². The predicted octanol–water partition coefficient (Wildman–Crippen LogP) is 2.58. The summed E-state index contributed by atoms with van der Waals surface area (Å²) in [4.78, 5) is 10.6. The van der Waals surface area contributed by atoms with Gasteiger partial charge in [0.1, 0.15) is 0 Å². The smallest absolute Gasteiger partial charge is 0.335 e. The molecular formula is C11H14N2O2. The minimum absolute atomic E-state index is 0.276. The number of nitrogens with zero attached hydrogens (tertiary/aromatic N) is 1. The lowest BCUT2D eigenvalue weighted by Crippen LogP contribution is -1.96. The number of rotatable bonds is 5. The number of nitrogens with one attached hydrogen (secondary N) is 1. The van der Waals surface area contributed by atoms with Crippen molar-refractivity contribution < 1.29 is 9.90 Å². The molecule has 0 aliphatic heterocycles. The molecule has 4 nitrogen and oxygen atoms in total. The van der Waals surface area contributed by atoms with Crippen LogP contribution in [0.5, 0.6) is 0 Å². The van der Waals surface area contributed by atoms with E-state index in [9.17, 15) is 4.79 Å². The molecule has 0 atom stereocenters. The van der Waals surface area contributed by atoms with Gasteiger partial charge >= 0.3 is 5.97 Å². The molecular weight excluding hydrogens is 192 g/mol. The van der Waals surface area contributed by atoms with Crippen LogP contribution in [0.25, 0.3) is 0 Å². The van der Waals surface area contributed by atoms with E-state index in [4.69, 9.17) is 5.11 Å². The lowest BCUT2D eigenvalue weighted by Gasteiger charge is -2.00. The van der Waals surface area contributed by atoms with Crippen molar-refractivity contribution in [3.63, 3.8) is 0 Å². The van der Waals surface area contributed by atoms with Crippen molar-refractivity contribution >= 4 is 17.9 Å². The maximum absolute atomic E-state index is 10.6. The fourth-order valence-electron chi connectivity index (χ4n) is 1.00. The van der Waals surface area contributed by atoms with Crippen LogP contribution >= 0.6 is 0 Å². The van der Waals surface area contributed by atoms with Crippen molar-refractivity contribution in [1.29, 1.82) is 0 Å². The predicted molar refractivity (Wildman–Crippen MR) is 60.4 cm³/mol. The zero-order chi connectivity index (χ0) is 11.1. The van der Waals surface area contributed by atoms with E-state index in [-0.39, 0.29) is 5.56 Å². The van der Waals surface area contributed by atoms with Gasteiger partial charge in [-0.05, 0) is 30.7 Å². The van der Waals surface area contributed by atoms with Crippen molar-refractivity contribution in [2.24, 2.45) is 5.10 Å². The Kier molecular flexibility index (Phi) is 4.34. The topological polar surface area (TPSA) is 61.7 Å². The molecule has 1 rings (SSSR count). The zero-order valence-corrected chi connectivity index (χ0v) is 8.60. The number of hydrogen-bond acceptors (Lipinski definition) is 3. The van der Waals surface area contributed by atoms with Gasteiger partial charge < -0.3 is 5.11 Å². The van der Waals surface area contributed by atoms with E-state index >= 15 is 0 Å². The van der Waals surface area contributed by atoms with E-state index in [2.05, 4.69) is 17.5 Å². The summed E-state index contributed by atoms with van der Waals surface area (Å²) >= 11 is 0. The molecule has 15 heavy (non-hydrogen) atoms. The fourth-order valence-corrected chi connectivity index (χ4v) is 1.00. The first-order valence-electron chi connectivity index (χ1n) is 4.85. The van der Waals surface area contributed by atoms with Gasteiger partial charge in [0.25, 0.3) is 0 Å². The Hall–Kier alpha value is -1.84. The van der Waals surface area contributed by atoms with Crippen molar-refractivity contribution in [3.8, 4) is 0 Å². The number of aromatic carboxylic acids is 1. The number of carbonyl (C=O) groups is 1. The van der Waals surface area contributed by atoms with Crippen molar-refractivity contribution in [2.45, 2.75) is 19.8 Å². The van der Waals surface area contributed by atoms with Gasteiger partial charge in [-0.1, -0.05) is 13.3 Å². The van der Waals surface area contributed by atoms with Crippen LogP contribution in [0.3, 0.4) is 0 Å². The average Bonchev–Trinajstić information content (AvgIpc) is 2.25. The molecule has 4 heteroatoms. The van der Waals surface area contributed by atoms with E-state index < -0.39 is 5.97 Å². The second kappa shape index (κ2) is 5.80. The number of anilines is 1. The Balaban J connectivity index is 2.53. The highest BCUT2D eigenvalue weighted by Crippen LogP contribution is 2.09. The van der Waals surface area contributed by atoms with E-state index in [1.165, 1.54) is 0 Å². The Morgan fingerprint density at radius 3 is 2.67 bits per heavy atom. The van der Waals surface area contributed by atoms with E-state index in [0.29, 0.717) is 0 Å². The summed E-state index contributed by atoms with van der Waals surface area (Å²) in [5.74, 6) is -0.920. The van der Waals surface area contributed by atoms with Crippen LogP contribution < -0.4 is 5.43 Å². The van der Waals surface area contributed by atoms with Gasteiger partial charge in [-0.25, -0.2) is 4.79 Å². The first-order chi connectivity index (χ1) is 7.24. The fraction of sp³-hybridized carbons (Fsp3) is 0.273. The Labute approximate surface area is 88.6 Å². The van der Waals surface area contributed by atoms with Gasteiger partial charge in [-0.3, -0.25) is 5.43 Å². The summed E-state index contributed by atoms with van der Waals surface area (Å²) in [5.41, 5.74) is 3.88. The van der Waals surface area contributed by atoms with E-state index in [0.717, 1.165) is 18.5 Å². The molecule has 0 bridgehead atoms. The second-order valence-corrected chi connectivity index (χ2v) is 3.09. The summed E-state index contributed by atoms with van der Waals surface area (Å²) in [6.07, 6.45) is 3.79. The highest BCUT2D eigenvalue weighted by atomic mass is 16.4. The third kappa shape index (κ3) is 3.81.